The second kappa shape index (κ2) is 8.21. The van der Waals surface area contributed by atoms with Crippen molar-refractivity contribution in [2.75, 3.05) is 13.9 Å². The van der Waals surface area contributed by atoms with Crippen LogP contribution in [0, 0.1) is 0 Å². The van der Waals surface area contributed by atoms with E-state index in [9.17, 15) is 5.11 Å². The van der Waals surface area contributed by atoms with Crippen LogP contribution < -0.4 is 14.2 Å². The van der Waals surface area contributed by atoms with Gasteiger partial charge in [0.2, 0.25) is 6.79 Å². The molecule has 0 saturated heterocycles. The van der Waals surface area contributed by atoms with Crippen LogP contribution in [0.1, 0.15) is 41.1 Å². The Labute approximate surface area is 205 Å². The summed E-state index contributed by atoms with van der Waals surface area (Å²) in [7, 11) is 1.56. The first-order chi connectivity index (χ1) is 16.5. The van der Waals surface area contributed by atoms with Gasteiger partial charge in [-0.1, -0.05) is 51.4 Å². The van der Waals surface area contributed by atoms with Crippen molar-refractivity contribution in [3.05, 3.63) is 81.3 Å². The first-order valence-corrected chi connectivity index (χ1v) is 11.9. The van der Waals surface area contributed by atoms with Gasteiger partial charge in [0.15, 0.2) is 29.2 Å². The van der Waals surface area contributed by atoms with Gasteiger partial charge in [0, 0.05) is 22.6 Å². The predicted octanol–water partition coefficient (Wildman–Crippen LogP) is 5.31. The van der Waals surface area contributed by atoms with Crippen LogP contribution in [-0.2, 0) is 11.4 Å². The number of rotatable bonds is 4. The van der Waals surface area contributed by atoms with E-state index in [2.05, 4.69) is 32.9 Å². The van der Waals surface area contributed by atoms with E-state index in [4.69, 9.17) is 19.0 Å². The fourth-order valence-electron chi connectivity index (χ4n) is 5.06. The highest BCUT2D eigenvalue weighted by Crippen LogP contribution is 2.49. The van der Waals surface area contributed by atoms with Crippen molar-refractivity contribution < 1.29 is 24.2 Å². The molecule has 0 aliphatic carbocycles. The third-order valence-corrected chi connectivity index (χ3v) is 7.54. The molecule has 3 aromatic rings. The van der Waals surface area contributed by atoms with Crippen molar-refractivity contribution in [1.29, 1.82) is 0 Å². The van der Waals surface area contributed by atoms with Gasteiger partial charge in [-0.05, 0) is 47.9 Å². The molecule has 0 bridgehead atoms. The molecule has 0 radical (unpaired) electrons. The number of fused-ring (bicyclic) bond motifs is 4. The highest BCUT2D eigenvalue weighted by atomic mass is 79.9. The molecule has 3 atom stereocenters. The molecule has 8 heteroatoms. The molecule has 34 heavy (non-hydrogen) atoms. The van der Waals surface area contributed by atoms with E-state index in [1.165, 1.54) is 0 Å². The summed E-state index contributed by atoms with van der Waals surface area (Å²) >= 11 is 3.70. The van der Waals surface area contributed by atoms with Gasteiger partial charge in [-0.25, -0.2) is 0 Å². The molecule has 3 heterocycles. The number of aromatic hydroxyl groups is 1. The lowest BCUT2D eigenvalue weighted by Gasteiger charge is -2.42. The first kappa shape index (κ1) is 21.3. The van der Waals surface area contributed by atoms with Crippen molar-refractivity contribution in [3.8, 4) is 23.0 Å². The summed E-state index contributed by atoms with van der Waals surface area (Å²) in [6.07, 6.45) is -0.331. The van der Waals surface area contributed by atoms with Gasteiger partial charge < -0.3 is 24.2 Å². The molecular weight excluding hydrogens is 500 g/mol. The van der Waals surface area contributed by atoms with Gasteiger partial charge in [0.05, 0.1) is 18.7 Å². The van der Waals surface area contributed by atoms with E-state index in [0.717, 1.165) is 43.9 Å². The maximum absolute atomic E-state index is 10.6. The van der Waals surface area contributed by atoms with E-state index in [1.807, 2.05) is 48.5 Å². The van der Waals surface area contributed by atoms with Crippen LogP contribution in [0.3, 0.4) is 0 Å². The molecule has 0 amide bonds. The Balaban J connectivity index is 1.45. The normalized spacial score (nSPS) is 22.6. The maximum atomic E-state index is 10.6. The van der Waals surface area contributed by atoms with E-state index in [0.29, 0.717) is 12.3 Å². The van der Waals surface area contributed by atoms with E-state index in [1.54, 1.807) is 13.2 Å². The zero-order valence-electron chi connectivity index (χ0n) is 18.7. The minimum absolute atomic E-state index is 0.0200. The number of benzene rings is 3. The highest BCUT2D eigenvalue weighted by molar-refractivity contribution is 9.10. The van der Waals surface area contributed by atoms with Gasteiger partial charge in [-0.15, -0.1) is 0 Å². The summed E-state index contributed by atoms with van der Waals surface area (Å²) in [6.45, 7) is 2.96. The largest absolute Gasteiger partial charge is 0.504 e. The van der Waals surface area contributed by atoms with Crippen molar-refractivity contribution in [2.24, 2.45) is 5.16 Å². The molecule has 3 aliphatic rings. The van der Waals surface area contributed by atoms with E-state index < -0.39 is 0 Å². The van der Waals surface area contributed by atoms with Crippen LogP contribution in [0.2, 0.25) is 0 Å². The second-order valence-electron chi connectivity index (χ2n) is 8.61. The van der Waals surface area contributed by atoms with Crippen LogP contribution >= 0.6 is 15.9 Å². The Hall–Kier alpha value is -3.23. The van der Waals surface area contributed by atoms with E-state index >= 15 is 0 Å². The Morgan fingerprint density at radius 3 is 2.62 bits per heavy atom. The van der Waals surface area contributed by atoms with Gasteiger partial charge in [0.1, 0.15) is 0 Å². The molecule has 1 N–H and O–H groups in total. The standard InChI is InChI=1S/C26H23BrN2O5/c1-14-17-10-21(31-2)20(30)9-18(17)24-25(15-6-4-3-5-7-15)28-34-26(24)29(14)12-16-8-22-23(11-19(16)27)33-13-32-22/h3-11,14,24,26,30H,12-13H2,1-2H3/t14-,24+,26-/m1/s1. The number of methoxy groups -OCH3 is 1. The summed E-state index contributed by atoms with van der Waals surface area (Å²) in [6, 6.07) is 17.7. The molecule has 3 aliphatic heterocycles. The topological polar surface area (TPSA) is 72.8 Å². The zero-order valence-corrected chi connectivity index (χ0v) is 20.3. The monoisotopic (exact) mass is 522 g/mol. The molecule has 0 spiro atoms. The molecule has 0 unspecified atom stereocenters. The van der Waals surface area contributed by atoms with E-state index in [-0.39, 0.29) is 30.7 Å². The van der Waals surface area contributed by atoms with Crippen LogP contribution in [-0.4, -0.2) is 35.8 Å². The van der Waals surface area contributed by atoms with Crippen LogP contribution in [0.5, 0.6) is 23.0 Å². The molecule has 174 valence electrons. The zero-order chi connectivity index (χ0) is 23.4. The van der Waals surface area contributed by atoms with Crippen LogP contribution in [0.4, 0.5) is 0 Å². The Kier molecular flexibility index (Phi) is 5.15. The summed E-state index contributed by atoms with van der Waals surface area (Å²) in [4.78, 5) is 8.38. The number of ether oxygens (including phenoxy) is 3. The van der Waals surface area contributed by atoms with Crippen molar-refractivity contribution in [3.63, 3.8) is 0 Å². The molecule has 0 saturated carbocycles. The summed E-state index contributed by atoms with van der Waals surface area (Å²) in [5, 5.41) is 15.1. The molecule has 7 nitrogen and oxygen atoms in total. The fraction of sp³-hybridized carbons (Fsp3) is 0.269. The smallest absolute Gasteiger partial charge is 0.231 e. The van der Waals surface area contributed by atoms with Crippen molar-refractivity contribution >= 4 is 21.6 Å². The Bertz CT molecular complexity index is 1300. The molecule has 3 aromatic carbocycles. The van der Waals surface area contributed by atoms with Crippen LogP contribution in [0.15, 0.2) is 64.2 Å². The lowest BCUT2D eigenvalue weighted by Crippen LogP contribution is -2.45. The number of nitrogens with zero attached hydrogens (tertiary/aromatic N) is 2. The third-order valence-electron chi connectivity index (χ3n) is 6.80. The SMILES string of the molecule is COc1cc2c(cc1O)[C@H]1C(c3ccccc3)=NO[C@H]1N(Cc1cc3c(cc1Br)OCO3)[C@@H]2C. The highest BCUT2D eigenvalue weighted by Gasteiger charge is 2.47. The average molecular weight is 523 g/mol. The molecule has 6 rings (SSSR count). The average Bonchev–Trinajstić information content (AvgIpc) is 3.49. The van der Waals surface area contributed by atoms with Crippen LogP contribution in [0.25, 0.3) is 0 Å². The third kappa shape index (κ3) is 3.32. The first-order valence-electron chi connectivity index (χ1n) is 11.1. The van der Waals surface area contributed by atoms with Crippen molar-refractivity contribution in [1.82, 2.24) is 4.90 Å². The summed E-state index contributed by atoms with van der Waals surface area (Å²) < 4.78 is 17.5. The van der Waals surface area contributed by atoms with Gasteiger partial charge in [0.25, 0.3) is 0 Å². The Morgan fingerprint density at radius 1 is 1.09 bits per heavy atom. The quantitative estimate of drug-likeness (QED) is 0.500. The molecular formula is C26H23BrN2O5. The van der Waals surface area contributed by atoms with Gasteiger partial charge >= 0.3 is 0 Å². The number of oxime groups is 1. The number of hydrogen-bond donors (Lipinski definition) is 1. The lowest BCUT2D eigenvalue weighted by atomic mass is 9.79. The summed E-state index contributed by atoms with van der Waals surface area (Å²) in [5.74, 6) is 1.86. The number of phenolic OH excluding ortho intramolecular Hbond substituents is 1. The number of phenols is 1. The maximum Gasteiger partial charge on any atom is 0.231 e. The van der Waals surface area contributed by atoms with Gasteiger partial charge in [-0.2, -0.15) is 0 Å². The summed E-state index contributed by atoms with van der Waals surface area (Å²) in [5.41, 5.74) is 4.97. The minimum atomic E-state index is -0.331. The number of hydrogen-bond acceptors (Lipinski definition) is 7. The minimum Gasteiger partial charge on any atom is -0.504 e. The molecule has 0 aromatic heterocycles. The van der Waals surface area contributed by atoms with Gasteiger partial charge in [-0.3, -0.25) is 4.90 Å². The fourth-order valence-corrected chi connectivity index (χ4v) is 5.50. The van der Waals surface area contributed by atoms with Crippen molar-refractivity contribution in [2.45, 2.75) is 31.7 Å². The lowest BCUT2D eigenvalue weighted by molar-refractivity contribution is -0.0777. The molecule has 0 fully saturated rings. The second-order valence-corrected chi connectivity index (χ2v) is 9.47. The predicted molar refractivity (Wildman–Crippen MR) is 129 cm³/mol. The Morgan fingerprint density at radius 2 is 1.85 bits per heavy atom. The number of halogens is 1.